The number of urea groups is 1. The third-order valence-corrected chi connectivity index (χ3v) is 4.88. The van der Waals surface area contributed by atoms with Gasteiger partial charge in [0, 0.05) is 19.2 Å². The van der Waals surface area contributed by atoms with E-state index in [0.29, 0.717) is 29.7 Å². The molecule has 4 rings (SSSR count). The molecule has 1 aliphatic rings. The third kappa shape index (κ3) is 3.41. The Morgan fingerprint density at radius 2 is 1.57 bits per heavy atom. The normalized spacial score (nSPS) is 14.1. The molecule has 6 nitrogen and oxygen atoms in total. The van der Waals surface area contributed by atoms with Gasteiger partial charge in [0.1, 0.15) is 5.58 Å². The Kier molecular flexibility index (Phi) is 4.93. The average Bonchev–Trinajstić information content (AvgIpc) is 2.75. The van der Waals surface area contributed by atoms with Gasteiger partial charge in [-0.1, -0.05) is 30.3 Å². The van der Waals surface area contributed by atoms with Crippen molar-refractivity contribution in [3.05, 3.63) is 76.6 Å². The van der Waals surface area contributed by atoms with Gasteiger partial charge < -0.3 is 9.32 Å². The molecule has 3 aromatic rings. The maximum atomic E-state index is 13.3. The molecule has 0 N–H and O–H groups in total. The molecule has 1 saturated heterocycles. The molecule has 28 heavy (non-hydrogen) atoms. The summed E-state index contributed by atoms with van der Waals surface area (Å²) in [7, 11) is 0. The van der Waals surface area contributed by atoms with E-state index >= 15 is 0 Å². The van der Waals surface area contributed by atoms with Gasteiger partial charge in [0.2, 0.25) is 0 Å². The number of rotatable bonds is 2. The molecule has 6 heteroatoms. The number of nitrogens with zero attached hydrogens (tertiary/aromatic N) is 2. The largest absolute Gasteiger partial charge is 0.451 e. The highest BCUT2D eigenvalue weighted by atomic mass is 16.3. The number of para-hydroxylation sites is 2. The molecular weight excluding hydrogens is 356 g/mol. The SMILES string of the molecule is O=C(c1cc(=O)c2ccccc2o1)N(C(=O)N1CCCCC1)c1ccccc1. The highest BCUT2D eigenvalue weighted by Gasteiger charge is 2.31. The van der Waals surface area contributed by atoms with E-state index in [1.165, 1.54) is 0 Å². The minimum absolute atomic E-state index is 0.155. The van der Waals surface area contributed by atoms with Crippen molar-refractivity contribution in [3.63, 3.8) is 0 Å². The van der Waals surface area contributed by atoms with Gasteiger partial charge in [-0.05, 0) is 43.5 Å². The zero-order valence-electron chi connectivity index (χ0n) is 15.3. The van der Waals surface area contributed by atoms with Gasteiger partial charge in [0.25, 0.3) is 0 Å². The van der Waals surface area contributed by atoms with Crippen molar-refractivity contribution in [2.45, 2.75) is 19.3 Å². The van der Waals surface area contributed by atoms with E-state index in [2.05, 4.69) is 0 Å². The number of amides is 3. The Bertz CT molecular complexity index is 1070. The first-order chi connectivity index (χ1) is 13.6. The van der Waals surface area contributed by atoms with E-state index in [1.807, 2.05) is 6.07 Å². The minimum atomic E-state index is -0.648. The van der Waals surface area contributed by atoms with E-state index < -0.39 is 11.9 Å². The lowest BCUT2D eigenvalue weighted by atomic mass is 10.1. The number of benzene rings is 2. The quantitative estimate of drug-likeness (QED) is 0.677. The number of hydrogen-bond donors (Lipinski definition) is 0. The molecule has 3 amide bonds. The predicted octanol–water partition coefficient (Wildman–Crippen LogP) is 4.05. The predicted molar refractivity (Wildman–Crippen MR) is 107 cm³/mol. The summed E-state index contributed by atoms with van der Waals surface area (Å²) in [6, 6.07) is 16.2. The van der Waals surface area contributed by atoms with Crippen LogP contribution >= 0.6 is 0 Å². The first-order valence-electron chi connectivity index (χ1n) is 9.36. The first kappa shape index (κ1) is 18.0. The topological polar surface area (TPSA) is 70.8 Å². The van der Waals surface area contributed by atoms with Crippen LogP contribution in [0.15, 0.2) is 69.9 Å². The molecule has 2 aromatic carbocycles. The van der Waals surface area contributed by atoms with Gasteiger partial charge in [-0.2, -0.15) is 0 Å². The van der Waals surface area contributed by atoms with Crippen molar-refractivity contribution in [2.24, 2.45) is 0 Å². The molecule has 0 unspecified atom stereocenters. The van der Waals surface area contributed by atoms with Crippen molar-refractivity contribution >= 4 is 28.6 Å². The van der Waals surface area contributed by atoms with E-state index in [4.69, 9.17) is 4.42 Å². The lowest BCUT2D eigenvalue weighted by molar-refractivity contribution is 0.0957. The van der Waals surface area contributed by atoms with Gasteiger partial charge in [-0.25, -0.2) is 9.69 Å². The minimum Gasteiger partial charge on any atom is -0.451 e. The molecule has 1 aromatic heterocycles. The lowest BCUT2D eigenvalue weighted by Crippen LogP contribution is -2.48. The van der Waals surface area contributed by atoms with Crippen LogP contribution in [0, 0.1) is 0 Å². The van der Waals surface area contributed by atoms with Crippen LogP contribution in [0.25, 0.3) is 11.0 Å². The number of fused-ring (bicyclic) bond motifs is 1. The summed E-state index contributed by atoms with van der Waals surface area (Å²) in [4.78, 5) is 41.6. The first-order valence-corrected chi connectivity index (χ1v) is 9.36. The number of likely N-dealkylation sites (tertiary alicyclic amines) is 1. The second-order valence-corrected chi connectivity index (χ2v) is 6.78. The summed E-state index contributed by atoms with van der Waals surface area (Å²) in [6.07, 6.45) is 2.89. The molecule has 0 radical (unpaired) electrons. The van der Waals surface area contributed by atoms with Crippen molar-refractivity contribution < 1.29 is 14.0 Å². The molecule has 1 fully saturated rings. The highest BCUT2D eigenvalue weighted by molar-refractivity contribution is 6.19. The molecule has 1 aliphatic heterocycles. The maximum Gasteiger partial charge on any atom is 0.331 e. The summed E-state index contributed by atoms with van der Waals surface area (Å²) in [5.74, 6) is -0.803. The fraction of sp³-hybridized carbons (Fsp3) is 0.227. The number of carbonyl (C=O) groups excluding carboxylic acids is 2. The van der Waals surface area contributed by atoms with Gasteiger partial charge in [-0.15, -0.1) is 0 Å². The lowest BCUT2D eigenvalue weighted by Gasteiger charge is -2.31. The van der Waals surface area contributed by atoms with Crippen LogP contribution in [0.5, 0.6) is 0 Å². The van der Waals surface area contributed by atoms with Crippen molar-refractivity contribution in [3.8, 4) is 0 Å². The van der Waals surface area contributed by atoms with E-state index in [0.717, 1.165) is 30.2 Å². The van der Waals surface area contributed by atoms with Gasteiger partial charge in [0.15, 0.2) is 11.2 Å². The molecule has 0 saturated carbocycles. The number of anilines is 1. The number of hydrogen-bond acceptors (Lipinski definition) is 4. The monoisotopic (exact) mass is 376 g/mol. The number of carbonyl (C=O) groups is 2. The van der Waals surface area contributed by atoms with Crippen LogP contribution < -0.4 is 10.3 Å². The zero-order valence-corrected chi connectivity index (χ0v) is 15.3. The highest BCUT2D eigenvalue weighted by Crippen LogP contribution is 2.22. The van der Waals surface area contributed by atoms with Gasteiger partial charge in [0.05, 0.1) is 11.1 Å². The fourth-order valence-electron chi connectivity index (χ4n) is 3.44. The van der Waals surface area contributed by atoms with Crippen LogP contribution in [0.2, 0.25) is 0 Å². The second-order valence-electron chi connectivity index (χ2n) is 6.78. The van der Waals surface area contributed by atoms with Crippen molar-refractivity contribution in [2.75, 3.05) is 18.0 Å². The summed E-state index contributed by atoms with van der Waals surface area (Å²) in [6.45, 7) is 1.22. The van der Waals surface area contributed by atoms with Gasteiger partial charge in [-0.3, -0.25) is 9.59 Å². The molecular formula is C22H20N2O4. The standard InChI is InChI=1S/C22H20N2O4/c25-18-15-20(28-19-12-6-5-11-17(18)19)21(26)24(16-9-3-1-4-10-16)22(27)23-13-7-2-8-14-23/h1,3-6,9-12,15H,2,7-8,13-14H2. The van der Waals surface area contributed by atoms with Crippen molar-refractivity contribution in [1.82, 2.24) is 4.90 Å². The number of piperidine rings is 1. The number of imide groups is 1. The summed E-state index contributed by atoms with van der Waals surface area (Å²) < 4.78 is 5.68. The summed E-state index contributed by atoms with van der Waals surface area (Å²) in [5, 5.41) is 0.396. The molecule has 0 bridgehead atoms. The molecule has 0 atom stereocenters. The Labute approximate surface area is 162 Å². The Balaban J connectivity index is 1.77. The van der Waals surface area contributed by atoms with Crippen LogP contribution in [0.1, 0.15) is 29.8 Å². The van der Waals surface area contributed by atoms with Crippen LogP contribution in [-0.4, -0.2) is 29.9 Å². The Hall–Kier alpha value is -3.41. The maximum absolute atomic E-state index is 13.3. The Morgan fingerprint density at radius 3 is 2.32 bits per heavy atom. The fourth-order valence-corrected chi connectivity index (χ4v) is 3.44. The average molecular weight is 376 g/mol. The molecule has 142 valence electrons. The van der Waals surface area contributed by atoms with E-state index in [1.54, 1.807) is 53.4 Å². The molecule has 0 aliphatic carbocycles. The molecule has 2 heterocycles. The van der Waals surface area contributed by atoms with Crippen LogP contribution in [0.4, 0.5) is 10.5 Å². The zero-order chi connectivity index (χ0) is 19.5. The van der Waals surface area contributed by atoms with Crippen molar-refractivity contribution in [1.29, 1.82) is 0 Å². The summed E-state index contributed by atoms with van der Waals surface area (Å²) in [5.41, 5.74) is 0.444. The summed E-state index contributed by atoms with van der Waals surface area (Å²) >= 11 is 0. The van der Waals surface area contributed by atoms with Crippen LogP contribution in [-0.2, 0) is 0 Å². The van der Waals surface area contributed by atoms with E-state index in [-0.39, 0.29) is 11.2 Å². The van der Waals surface area contributed by atoms with Gasteiger partial charge >= 0.3 is 11.9 Å². The van der Waals surface area contributed by atoms with E-state index in [9.17, 15) is 14.4 Å². The Morgan fingerprint density at radius 1 is 0.893 bits per heavy atom. The second kappa shape index (κ2) is 7.68. The smallest absolute Gasteiger partial charge is 0.331 e. The molecule has 0 spiro atoms. The third-order valence-electron chi connectivity index (χ3n) is 4.88. The van der Waals surface area contributed by atoms with Crippen LogP contribution in [0.3, 0.4) is 0 Å².